The predicted molar refractivity (Wildman–Crippen MR) is 64.4 cm³/mol. The van der Waals surface area contributed by atoms with E-state index in [1.54, 1.807) is 20.2 Å². The van der Waals surface area contributed by atoms with Crippen molar-refractivity contribution in [3.8, 4) is 0 Å². The van der Waals surface area contributed by atoms with E-state index < -0.39 is 0 Å². The van der Waals surface area contributed by atoms with E-state index in [2.05, 4.69) is 9.88 Å². The lowest BCUT2D eigenvalue weighted by Crippen LogP contribution is -2.36. The van der Waals surface area contributed by atoms with Crippen molar-refractivity contribution in [1.29, 1.82) is 0 Å². The lowest BCUT2D eigenvalue weighted by Gasteiger charge is -2.30. The molecule has 0 aromatic carbocycles. The van der Waals surface area contributed by atoms with E-state index in [0.717, 1.165) is 35.9 Å². The predicted octanol–water partition coefficient (Wildman–Crippen LogP) is 1.96. The molecule has 0 N–H and O–H groups in total. The number of thiazole rings is 1. The zero-order valence-electron chi connectivity index (χ0n) is 9.60. The Hall–Kier alpha value is -0.940. The van der Waals surface area contributed by atoms with Crippen molar-refractivity contribution in [2.75, 3.05) is 25.1 Å². The molecule has 16 heavy (non-hydrogen) atoms. The third-order valence-corrected chi connectivity index (χ3v) is 4.05. The highest BCUT2D eigenvalue weighted by Crippen LogP contribution is 2.26. The van der Waals surface area contributed by atoms with Crippen LogP contribution < -0.4 is 4.90 Å². The first kappa shape index (κ1) is 11.5. The molecule has 1 aliphatic rings. The van der Waals surface area contributed by atoms with Crippen LogP contribution in [0.5, 0.6) is 0 Å². The molecule has 1 aromatic heterocycles. The van der Waals surface area contributed by atoms with Crippen LogP contribution >= 0.6 is 11.3 Å². The van der Waals surface area contributed by atoms with E-state index in [-0.39, 0.29) is 5.78 Å². The smallest absolute Gasteiger partial charge is 0.185 e. The van der Waals surface area contributed by atoms with Gasteiger partial charge in [-0.3, -0.25) is 4.79 Å². The Bertz CT molecular complexity index is 370. The summed E-state index contributed by atoms with van der Waals surface area (Å²) < 4.78 is 5.32. The number of anilines is 1. The number of aromatic nitrogens is 1. The monoisotopic (exact) mass is 240 g/mol. The third-order valence-electron chi connectivity index (χ3n) is 2.89. The standard InChI is InChI=1S/C11H16N2O2S/c1-8(14)10-7-12-11(16-10)13-5-3-9(15-2)4-6-13/h7,9H,3-6H2,1-2H3. The van der Waals surface area contributed by atoms with E-state index in [4.69, 9.17) is 4.74 Å². The Kier molecular flexibility index (Phi) is 3.56. The zero-order chi connectivity index (χ0) is 11.5. The summed E-state index contributed by atoms with van der Waals surface area (Å²) in [5, 5.41) is 0.958. The van der Waals surface area contributed by atoms with Gasteiger partial charge in [0.2, 0.25) is 0 Å². The van der Waals surface area contributed by atoms with E-state index in [0.29, 0.717) is 6.10 Å². The first-order valence-corrected chi connectivity index (χ1v) is 6.27. The second-order valence-electron chi connectivity index (χ2n) is 3.99. The minimum atomic E-state index is 0.0931. The molecule has 4 nitrogen and oxygen atoms in total. The summed E-state index contributed by atoms with van der Waals surface area (Å²) in [5.41, 5.74) is 0. The molecule has 0 aliphatic carbocycles. The van der Waals surface area contributed by atoms with Gasteiger partial charge in [0.1, 0.15) is 0 Å². The Labute approximate surface area is 99.2 Å². The number of carbonyl (C=O) groups is 1. The van der Waals surface area contributed by atoms with Crippen LogP contribution in [0.2, 0.25) is 0 Å². The van der Waals surface area contributed by atoms with Gasteiger partial charge in [-0.25, -0.2) is 4.98 Å². The molecule has 0 bridgehead atoms. The molecule has 1 saturated heterocycles. The fraction of sp³-hybridized carbons (Fsp3) is 0.636. The molecule has 5 heteroatoms. The Morgan fingerprint density at radius 3 is 2.75 bits per heavy atom. The van der Waals surface area contributed by atoms with Crippen molar-refractivity contribution >= 4 is 22.3 Å². The maximum Gasteiger partial charge on any atom is 0.185 e. The zero-order valence-corrected chi connectivity index (χ0v) is 10.4. The molecule has 2 rings (SSSR count). The third kappa shape index (κ3) is 2.41. The van der Waals surface area contributed by atoms with Gasteiger partial charge in [0.05, 0.1) is 17.2 Å². The molecule has 0 atom stereocenters. The lowest BCUT2D eigenvalue weighted by molar-refractivity contribution is 0.0819. The number of piperidine rings is 1. The summed E-state index contributed by atoms with van der Waals surface area (Å²) >= 11 is 1.48. The van der Waals surface area contributed by atoms with E-state index >= 15 is 0 Å². The van der Waals surface area contributed by atoms with Gasteiger partial charge in [0.25, 0.3) is 0 Å². The first-order valence-electron chi connectivity index (χ1n) is 5.45. The van der Waals surface area contributed by atoms with Crippen LogP contribution in [0.4, 0.5) is 5.13 Å². The van der Waals surface area contributed by atoms with Gasteiger partial charge >= 0.3 is 0 Å². The van der Waals surface area contributed by atoms with Crippen LogP contribution in [-0.2, 0) is 4.74 Å². The van der Waals surface area contributed by atoms with Crippen molar-refractivity contribution in [2.45, 2.75) is 25.9 Å². The van der Waals surface area contributed by atoms with Gasteiger partial charge in [0, 0.05) is 27.1 Å². The summed E-state index contributed by atoms with van der Waals surface area (Å²) in [6.07, 6.45) is 4.12. The van der Waals surface area contributed by atoms with Crippen LogP contribution in [0.1, 0.15) is 29.4 Å². The van der Waals surface area contributed by atoms with E-state index in [1.807, 2.05) is 0 Å². The number of ketones is 1. The molecule has 1 aliphatic heterocycles. The molecular formula is C11H16N2O2S. The van der Waals surface area contributed by atoms with Gasteiger partial charge in [0.15, 0.2) is 10.9 Å². The average Bonchev–Trinajstić information content (AvgIpc) is 2.78. The van der Waals surface area contributed by atoms with E-state index in [9.17, 15) is 4.79 Å². The summed E-state index contributed by atoms with van der Waals surface area (Å²) in [4.78, 5) is 18.4. The molecule has 1 fully saturated rings. The highest BCUT2D eigenvalue weighted by molar-refractivity contribution is 7.17. The van der Waals surface area contributed by atoms with Gasteiger partial charge in [-0.15, -0.1) is 0 Å². The number of Topliss-reactive ketones (excluding diaryl/α,β-unsaturated/α-hetero) is 1. The number of nitrogens with zero attached hydrogens (tertiary/aromatic N) is 2. The summed E-state index contributed by atoms with van der Waals surface area (Å²) in [6, 6.07) is 0. The van der Waals surface area contributed by atoms with Gasteiger partial charge in [-0.2, -0.15) is 0 Å². The first-order chi connectivity index (χ1) is 7.70. The molecule has 0 saturated carbocycles. The number of carbonyl (C=O) groups excluding carboxylic acids is 1. The number of rotatable bonds is 3. The largest absolute Gasteiger partial charge is 0.381 e. The fourth-order valence-electron chi connectivity index (χ4n) is 1.86. The Balaban J connectivity index is 2.00. The molecule has 1 aromatic rings. The van der Waals surface area contributed by atoms with Crippen LogP contribution in [0.25, 0.3) is 0 Å². The second-order valence-corrected chi connectivity index (χ2v) is 4.99. The molecular weight excluding hydrogens is 224 g/mol. The molecule has 0 amide bonds. The minimum absolute atomic E-state index is 0.0931. The number of ether oxygens (including phenoxy) is 1. The summed E-state index contributed by atoms with van der Waals surface area (Å²) in [6.45, 7) is 3.50. The lowest BCUT2D eigenvalue weighted by atomic mass is 10.1. The molecule has 0 spiro atoms. The normalized spacial score (nSPS) is 17.8. The van der Waals surface area contributed by atoms with Crippen molar-refractivity contribution in [3.63, 3.8) is 0 Å². The van der Waals surface area contributed by atoms with Gasteiger partial charge < -0.3 is 9.64 Å². The summed E-state index contributed by atoms with van der Waals surface area (Å²) in [7, 11) is 1.76. The second kappa shape index (κ2) is 4.93. The van der Waals surface area contributed by atoms with Crippen molar-refractivity contribution < 1.29 is 9.53 Å². The highest BCUT2D eigenvalue weighted by atomic mass is 32.1. The quantitative estimate of drug-likeness (QED) is 0.757. The van der Waals surface area contributed by atoms with Crippen LogP contribution in [0.3, 0.4) is 0 Å². The maximum atomic E-state index is 11.2. The Morgan fingerprint density at radius 1 is 1.56 bits per heavy atom. The van der Waals surface area contributed by atoms with Gasteiger partial charge in [-0.1, -0.05) is 11.3 Å². The average molecular weight is 240 g/mol. The topological polar surface area (TPSA) is 42.4 Å². The number of hydrogen-bond donors (Lipinski definition) is 0. The van der Waals surface area contributed by atoms with Gasteiger partial charge in [-0.05, 0) is 12.8 Å². The highest BCUT2D eigenvalue weighted by Gasteiger charge is 2.21. The minimum Gasteiger partial charge on any atom is -0.381 e. The fourth-order valence-corrected chi connectivity index (χ4v) is 2.72. The van der Waals surface area contributed by atoms with Crippen molar-refractivity contribution in [2.24, 2.45) is 0 Å². The number of hydrogen-bond acceptors (Lipinski definition) is 5. The van der Waals surface area contributed by atoms with Crippen LogP contribution in [0, 0.1) is 0 Å². The molecule has 88 valence electrons. The van der Waals surface area contributed by atoms with Crippen LogP contribution in [-0.4, -0.2) is 37.1 Å². The van der Waals surface area contributed by atoms with Crippen LogP contribution in [0.15, 0.2) is 6.20 Å². The molecule has 0 unspecified atom stereocenters. The molecule has 0 radical (unpaired) electrons. The van der Waals surface area contributed by atoms with E-state index in [1.165, 1.54) is 11.3 Å². The maximum absolute atomic E-state index is 11.2. The van der Waals surface area contributed by atoms with Crippen molar-refractivity contribution in [1.82, 2.24) is 4.98 Å². The SMILES string of the molecule is COC1CCN(c2ncc(C(C)=O)s2)CC1. The Morgan fingerprint density at radius 2 is 2.25 bits per heavy atom. The number of methoxy groups -OCH3 is 1. The molecule has 2 heterocycles. The summed E-state index contributed by atoms with van der Waals surface area (Å²) in [5.74, 6) is 0.0931. The van der Waals surface area contributed by atoms with Crippen molar-refractivity contribution in [3.05, 3.63) is 11.1 Å².